The van der Waals surface area contributed by atoms with E-state index in [0.717, 1.165) is 15.6 Å². The molecule has 0 unspecified atom stereocenters. The second kappa shape index (κ2) is 10.4. The molecular formula is C23H18ClN5S2. The first kappa shape index (κ1) is 21.4. The topological polar surface area (TPSA) is 56.0 Å². The molecule has 0 amide bonds. The zero-order chi connectivity index (χ0) is 21.5. The lowest BCUT2D eigenvalue weighted by molar-refractivity contribution is 0.808. The van der Waals surface area contributed by atoms with Gasteiger partial charge in [0.25, 0.3) is 0 Å². The fraction of sp³-hybridized carbons (Fsp3) is 0.0435. The first-order chi connectivity index (χ1) is 15.2. The van der Waals surface area contributed by atoms with E-state index in [1.807, 2.05) is 53.9 Å². The maximum atomic E-state index is 5.98. The van der Waals surface area contributed by atoms with Gasteiger partial charge in [-0.1, -0.05) is 59.3 Å². The van der Waals surface area contributed by atoms with Crippen LogP contribution in [0.5, 0.6) is 0 Å². The summed E-state index contributed by atoms with van der Waals surface area (Å²) in [6, 6.07) is 20.1. The summed E-state index contributed by atoms with van der Waals surface area (Å²) in [7, 11) is 0. The summed E-state index contributed by atoms with van der Waals surface area (Å²) >= 11 is 9.00. The van der Waals surface area contributed by atoms with Crippen LogP contribution in [0.2, 0.25) is 5.02 Å². The largest absolute Gasteiger partial charge is 0.242 e. The highest BCUT2D eigenvalue weighted by molar-refractivity contribution is 8.14. The Labute approximate surface area is 194 Å². The normalized spacial score (nSPS) is 11.9. The van der Waals surface area contributed by atoms with E-state index in [0.29, 0.717) is 16.0 Å². The number of aromatic nitrogens is 4. The highest BCUT2D eigenvalue weighted by Gasteiger charge is 2.07. The van der Waals surface area contributed by atoms with E-state index in [-0.39, 0.29) is 0 Å². The molecule has 0 radical (unpaired) electrons. The minimum absolute atomic E-state index is 0.551. The van der Waals surface area contributed by atoms with Crippen molar-refractivity contribution in [2.45, 2.75) is 17.0 Å². The minimum Gasteiger partial charge on any atom is -0.242 e. The Morgan fingerprint density at radius 1 is 1.06 bits per heavy atom. The highest BCUT2D eigenvalue weighted by Crippen LogP contribution is 2.24. The molecule has 31 heavy (non-hydrogen) atoms. The zero-order valence-electron chi connectivity index (χ0n) is 16.6. The number of hydrogen-bond acceptors (Lipinski definition) is 6. The number of aryl methyl sites for hydroxylation is 1. The van der Waals surface area contributed by atoms with E-state index in [1.54, 1.807) is 41.1 Å². The van der Waals surface area contributed by atoms with Crippen LogP contribution in [0.3, 0.4) is 0 Å². The van der Waals surface area contributed by atoms with Gasteiger partial charge < -0.3 is 0 Å². The number of aliphatic imine (C=N–C) groups is 1. The Morgan fingerprint density at radius 3 is 2.61 bits per heavy atom. The van der Waals surface area contributed by atoms with Crippen LogP contribution in [0.15, 0.2) is 106 Å². The predicted octanol–water partition coefficient (Wildman–Crippen LogP) is 6.75. The number of nitrogens with zero attached hydrogens (tertiary/aromatic N) is 5. The molecule has 2 aromatic heterocycles. The first-order valence-corrected chi connectivity index (χ1v) is 11.5. The SMILES string of the molecule is Cc1ccc(N=C(C=CSc2ccccc2)Sc2nccc(-n3cc(Cl)cn3)n2)cc1. The van der Waals surface area contributed by atoms with E-state index in [1.165, 1.54) is 17.3 Å². The van der Waals surface area contributed by atoms with Crippen LogP contribution in [0.25, 0.3) is 5.82 Å². The summed E-state index contributed by atoms with van der Waals surface area (Å²) < 4.78 is 1.62. The van der Waals surface area contributed by atoms with Crippen LogP contribution in [0.1, 0.15) is 5.56 Å². The molecule has 4 aromatic rings. The Balaban J connectivity index is 1.58. The maximum Gasteiger partial charge on any atom is 0.195 e. The van der Waals surface area contributed by atoms with Gasteiger partial charge in [-0.3, -0.25) is 0 Å². The average Bonchev–Trinajstić information content (AvgIpc) is 3.23. The summed E-state index contributed by atoms with van der Waals surface area (Å²) in [5, 5.41) is 8.13. The fourth-order valence-electron chi connectivity index (χ4n) is 2.54. The molecule has 0 saturated carbocycles. The molecule has 0 N–H and O–H groups in total. The lowest BCUT2D eigenvalue weighted by atomic mass is 10.2. The van der Waals surface area contributed by atoms with Crippen molar-refractivity contribution in [3.63, 3.8) is 0 Å². The Kier molecular flexibility index (Phi) is 7.19. The Bertz CT molecular complexity index is 1200. The molecule has 0 bridgehead atoms. The van der Waals surface area contributed by atoms with Gasteiger partial charge in [-0.05, 0) is 54.4 Å². The van der Waals surface area contributed by atoms with E-state index in [9.17, 15) is 0 Å². The van der Waals surface area contributed by atoms with Crippen LogP contribution < -0.4 is 0 Å². The molecule has 0 aliphatic rings. The smallest absolute Gasteiger partial charge is 0.195 e. The lowest BCUT2D eigenvalue weighted by Gasteiger charge is -2.04. The van der Waals surface area contributed by atoms with E-state index in [4.69, 9.17) is 16.6 Å². The molecule has 0 saturated heterocycles. The van der Waals surface area contributed by atoms with Crippen molar-refractivity contribution >= 4 is 45.9 Å². The molecule has 5 nitrogen and oxygen atoms in total. The van der Waals surface area contributed by atoms with Gasteiger partial charge in [-0.2, -0.15) is 5.10 Å². The molecule has 0 fully saturated rings. The summed E-state index contributed by atoms with van der Waals surface area (Å²) in [5.41, 5.74) is 2.06. The number of hydrogen-bond donors (Lipinski definition) is 0. The Hall–Kier alpha value is -2.87. The van der Waals surface area contributed by atoms with E-state index < -0.39 is 0 Å². The second-order valence-electron chi connectivity index (χ2n) is 6.42. The van der Waals surface area contributed by atoms with Crippen molar-refractivity contribution in [2.75, 3.05) is 0 Å². The standard InChI is InChI=1S/C23H18ClN5S2/c1-17-7-9-19(10-8-17)27-22(12-14-30-20-5-3-2-4-6-20)31-23-25-13-11-21(28-23)29-16-18(24)15-26-29/h2-16H,1H3. The predicted molar refractivity (Wildman–Crippen MR) is 130 cm³/mol. The van der Waals surface area contributed by atoms with E-state index in [2.05, 4.69) is 34.1 Å². The van der Waals surface area contributed by atoms with Gasteiger partial charge in [0, 0.05) is 17.2 Å². The number of rotatable bonds is 6. The monoisotopic (exact) mass is 463 g/mol. The third-order valence-electron chi connectivity index (χ3n) is 4.03. The summed E-state index contributed by atoms with van der Waals surface area (Å²) in [6.07, 6.45) is 6.95. The van der Waals surface area contributed by atoms with Gasteiger partial charge in [-0.15, -0.1) is 0 Å². The van der Waals surface area contributed by atoms with Gasteiger partial charge in [0.05, 0.1) is 23.1 Å². The summed E-state index contributed by atoms with van der Waals surface area (Å²) in [6.45, 7) is 2.06. The Morgan fingerprint density at radius 2 is 1.87 bits per heavy atom. The summed E-state index contributed by atoms with van der Waals surface area (Å²) in [4.78, 5) is 14.9. The molecule has 2 aromatic carbocycles. The van der Waals surface area contributed by atoms with Crippen LogP contribution in [0, 0.1) is 6.92 Å². The molecule has 0 aliphatic carbocycles. The molecule has 8 heteroatoms. The molecule has 0 atom stereocenters. The maximum absolute atomic E-state index is 5.98. The van der Waals surface area contributed by atoms with Crippen molar-refractivity contribution in [1.82, 2.24) is 19.7 Å². The molecule has 4 rings (SSSR count). The van der Waals surface area contributed by atoms with Crippen LogP contribution in [-0.4, -0.2) is 24.8 Å². The van der Waals surface area contributed by atoms with Crippen molar-refractivity contribution in [1.29, 1.82) is 0 Å². The van der Waals surface area contributed by atoms with Crippen molar-refractivity contribution in [3.8, 4) is 5.82 Å². The van der Waals surface area contributed by atoms with Gasteiger partial charge in [0.2, 0.25) is 0 Å². The molecule has 2 heterocycles. The average molecular weight is 464 g/mol. The number of benzene rings is 2. The number of halogens is 1. The third kappa shape index (κ3) is 6.30. The fourth-order valence-corrected chi connectivity index (χ4v) is 4.16. The van der Waals surface area contributed by atoms with Crippen LogP contribution >= 0.6 is 35.1 Å². The quantitative estimate of drug-likeness (QED) is 0.137. The van der Waals surface area contributed by atoms with Gasteiger partial charge in [-0.25, -0.2) is 19.6 Å². The molecular weight excluding hydrogens is 446 g/mol. The number of thioether (sulfide) groups is 2. The van der Waals surface area contributed by atoms with Crippen molar-refractivity contribution in [2.24, 2.45) is 4.99 Å². The van der Waals surface area contributed by atoms with Crippen LogP contribution in [0.4, 0.5) is 5.69 Å². The van der Waals surface area contributed by atoms with Crippen molar-refractivity contribution in [3.05, 3.63) is 101 Å². The van der Waals surface area contributed by atoms with E-state index >= 15 is 0 Å². The molecule has 154 valence electrons. The minimum atomic E-state index is 0.551. The second-order valence-corrected chi connectivity index (χ2v) is 8.83. The zero-order valence-corrected chi connectivity index (χ0v) is 19.0. The molecule has 0 spiro atoms. The van der Waals surface area contributed by atoms with Gasteiger partial charge >= 0.3 is 0 Å². The molecule has 0 aliphatic heterocycles. The summed E-state index contributed by atoms with van der Waals surface area (Å²) in [5.74, 6) is 0.640. The van der Waals surface area contributed by atoms with Crippen LogP contribution in [-0.2, 0) is 0 Å². The van der Waals surface area contributed by atoms with Gasteiger partial charge in [0.1, 0.15) is 5.04 Å². The van der Waals surface area contributed by atoms with Crippen molar-refractivity contribution < 1.29 is 0 Å². The highest BCUT2D eigenvalue weighted by atomic mass is 35.5. The lowest BCUT2D eigenvalue weighted by Crippen LogP contribution is -2.00. The third-order valence-corrected chi connectivity index (χ3v) is 5.86. The first-order valence-electron chi connectivity index (χ1n) is 9.41. The van der Waals surface area contributed by atoms with Gasteiger partial charge in [0.15, 0.2) is 11.0 Å².